The average molecular weight is 347 g/mol. The Balaban J connectivity index is 1.68. The van der Waals surface area contributed by atoms with Crippen molar-refractivity contribution in [1.29, 1.82) is 0 Å². The zero-order valence-electron chi connectivity index (χ0n) is 13.5. The first kappa shape index (κ1) is 16.7. The van der Waals surface area contributed by atoms with E-state index in [9.17, 15) is 14.4 Å². The highest BCUT2D eigenvalue weighted by Crippen LogP contribution is 2.18. The molecule has 1 aliphatic rings. The van der Waals surface area contributed by atoms with E-state index in [2.05, 4.69) is 15.2 Å². The molecule has 0 bridgehead atoms. The minimum atomic E-state index is -0.714. The monoisotopic (exact) mass is 347 g/mol. The largest absolute Gasteiger partial charge is 0.480 e. The van der Waals surface area contributed by atoms with E-state index in [0.717, 1.165) is 18.9 Å². The molecule has 0 saturated carbocycles. The lowest BCUT2D eigenvalue weighted by Crippen LogP contribution is -2.45. The Hall–Kier alpha value is -3.17. The summed E-state index contributed by atoms with van der Waals surface area (Å²) in [6.07, 6.45) is 1.23. The first-order valence-electron chi connectivity index (χ1n) is 7.72. The summed E-state index contributed by atoms with van der Waals surface area (Å²) in [7, 11) is 1.49. The van der Waals surface area contributed by atoms with Crippen LogP contribution >= 0.6 is 0 Å². The maximum atomic E-state index is 12.5. The van der Waals surface area contributed by atoms with E-state index < -0.39 is 17.2 Å². The number of aromatic nitrogens is 4. The lowest BCUT2D eigenvalue weighted by molar-refractivity contribution is 0.0519. The second-order valence-electron chi connectivity index (χ2n) is 5.55. The number of likely N-dealkylation sites (tertiary alicyclic amines) is 1. The predicted molar refractivity (Wildman–Crippen MR) is 85.8 cm³/mol. The molecule has 25 heavy (non-hydrogen) atoms. The smallest absolute Gasteiger partial charge is 0.326 e. The molecule has 1 fully saturated rings. The van der Waals surface area contributed by atoms with Crippen LogP contribution in [-0.4, -0.2) is 57.3 Å². The van der Waals surface area contributed by atoms with Crippen LogP contribution in [-0.2, 0) is 0 Å². The number of ether oxygens (including phenoxy) is 2. The SMILES string of the molecule is COc1ccc(OC2CCCN(C(=O)c3cc(=O)[nH]c(=O)[nH]3)C2)nn1. The van der Waals surface area contributed by atoms with Crippen molar-refractivity contribution in [3.05, 3.63) is 44.7 Å². The van der Waals surface area contributed by atoms with Gasteiger partial charge < -0.3 is 19.4 Å². The minimum absolute atomic E-state index is 0.0429. The van der Waals surface area contributed by atoms with Crippen molar-refractivity contribution in [2.75, 3.05) is 20.2 Å². The Labute approximate surface area is 141 Å². The second kappa shape index (κ2) is 7.16. The molecule has 2 aromatic heterocycles. The lowest BCUT2D eigenvalue weighted by atomic mass is 10.1. The molecule has 10 heteroatoms. The number of amides is 1. The first-order chi connectivity index (χ1) is 12.0. The van der Waals surface area contributed by atoms with Gasteiger partial charge in [0.05, 0.1) is 13.7 Å². The summed E-state index contributed by atoms with van der Waals surface area (Å²) in [5.74, 6) is 0.299. The molecule has 10 nitrogen and oxygen atoms in total. The fourth-order valence-corrected chi connectivity index (χ4v) is 2.62. The van der Waals surface area contributed by atoms with Crippen molar-refractivity contribution in [2.45, 2.75) is 18.9 Å². The number of carbonyl (C=O) groups excluding carboxylic acids is 1. The van der Waals surface area contributed by atoms with Gasteiger partial charge in [-0.2, -0.15) is 0 Å². The summed E-state index contributed by atoms with van der Waals surface area (Å²) in [5, 5.41) is 7.73. The topological polar surface area (TPSA) is 130 Å². The molecule has 1 atom stereocenters. The van der Waals surface area contributed by atoms with Gasteiger partial charge in [0.25, 0.3) is 11.5 Å². The van der Waals surface area contributed by atoms with Crippen molar-refractivity contribution >= 4 is 5.91 Å². The van der Waals surface area contributed by atoms with Gasteiger partial charge in [-0.25, -0.2) is 4.79 Å². The summed E-state index contributed by atoms with van der Waals surface area (Å²) in [4.78, 5) is 41.1. The van der Waals surface area contributed by atoms with Crippen LogP contribution in [0.1, 0.15) is 23.3 Å². The summed E-state index contributed by atoms with van der Waals surface area (Å²) < 4.78 is 10.7. The van der Waals surface area contributed by atoms with Crippen LogP contribution in [0.5, 0.6) is 11.8 Å². The highest BCUT2D eigenvalue weighted by atomic mass is 16.5. The summed E-state index contributed by atoms with van der Waals surface area (Å²) >= 11 is 0. The number of H-pyrrole nitrogens is 2. The van der Waals surface area contributed by atoms with E-state index in [4.69, 9.17) is 9.47 Å². The summed E-state index contributed by atoms with van der Waals surface area (Å²) in [5.41, 5.74) is -1.38. The molecule has 1 saturated heterocycles. The number of rotatable bonds is 4. The Morgan fingerprint density at radius 2 is 2.00 bits per heavy atom. The number of aromatic amines is 2. The van der Waals surface area contributed by atoms with E-state index in [1.807, 2.05) is 4.98 Å². The molecule has 3 rings (SSSR count). The second-order valence-corrected chi connectivity index (χ2v) is 5.55. The third kappa shape index (κ3) is 4.03. The highest BCUT2D eigenvalue weighted by molar-refractivity contribution is 5.92. The first-order valence-corrected chi connectivity index (χ1v) is 7.72. The van der Waals surface area contributed by atoms with Crippen LogP contribution < -0.4 is 20.7 Å². The molecule has 0 aromatic carbocycles. The van der Waals surface area contributed by atoms with Crippen LogP contribution in [0.2, 0.25) is 0 Å². The van der Waals surface area contributed by atoms with Crippen LogP contribution in [0.25, 0.3) is 0 Å². The molecular formula is C15H17N5O5. The normalized spacial score (nSPS) is 17.2. The fourth-order valence-electron chi connectivity index (χ4n) is 2.62. The average Bonchev–Trinajstić information content (AvgIpc) is 2.61. The number of methoxy groups -OCH3 is 1. The molecule has 1 unspecified atom stereocenters. The molecule has 0 aliphatic carbocycles. The maximum Gasteiger partial charge on any atom is 0.326 e. The fraction of sp³-hybridized carbons (Fsp3) is 0.400. The van der Waals surface area contributed by atoms with E-state index >= 15 is 0 Å². The molecule has 1 aliphatic heterocycles. The van der Waals surface area contributed by atoms with Gasteiger partial charge in [0.2, 0.25) is 11.8 Å². The third-order valence-corrected chi connectivity index (χ3v) is 3.77. The predicted octanol–water partition coefficient (Wildman–Crippen LogP) is -0.455. The maximum absolute atomic E-state index is 12.5. The van der Waals surface area contributed by atoms with Crippen LogP contribution in [0.3, 0.4) is 0 Å². The Morgan fingerprint density at radius 3 is 2.68 bits per heavy atom. The number of piperidine rings is 1. The van der Waals surface area contributed by atoms with Gasteiger partial charge in [-0.15, -0.1) is 10.2 Å². The van der Waals surface area contributed by atoms with Gasteiger partial charge in [0.15, 0.2) is 0 Å². The van der Waals surface area contributed by atoms with Crippen molar-refractivity contribution in [3.63, 3.8) is 0 Å². The van der Waals surface area contributed by atoms with Crippen LogP contribution in [0.4, 0.5) is 0 Å². The molecule has 1 amide bonds. The number of nitrogens with one attached hydrogen (secondary N) is 2. The molecule has 132 valence electrons. The van der Waals surface area contributed by atoms with Crippen molar-refractivity contribution < 1.29 is 14.3 Å². The van der Waals surface area contributed by atoms with Gasteiger partial charge in [0.1, 0.15) is 11.8 Å². The number of hydrogen-bond acceptors (Lipinski definition) is 7. The summed E-state index contributed by atoms with van der Waals surface area (Å²) in [6, 6.07) is 4.35. The number of hydrogen-bond donors (Lipinski definition) is 2. The summed E-state index contributed by atoms with van der Waals surface area (Å²) in [6.45, 7) is 0.836. The van der Waals surface area contributed by atoms with E-state index in [1.165, 1.54) is 12.0 Å². The molecule has 0 spiro atoms. The van der Waals surface area contributed by atoms with Gasteiger partial charge in [-0.1, -0.05) is 0 Å². The molecular weight excluding hydrogens is 330 g/mol. The van der Waals surface area contributed by atoms with Gasteiger partial charge in [-0.05, 0) is 12.8 Å². The zero-order valence-corrected chi connectivity index (χ0v) is 13.5. The zero-order chi connectivity index (χ0) is 17.8. The van der Waals surface area contributed by atoms with Gasteiger partial charge in [0, 0.05) is 24.7 Å². The van der Waals surface area contributed by atoms with Crippen LogP contribution in [0, 0.1) is 0 Å². The number of carbonyl (C=O) groups is 1. The van der Waals surface area contributed by atoms with E-state index in [1.54, 1.807) is 12.1 Å². The van der Waals surface area contributed by atoms with Crippen molar-refractivity contribution in [1.82, 2.24) is 25.1 Å². The third-order valence-electron chi connectivity index (χ3n) is 3.77. The van der Waals surface area contributed by atoms with Crippen molar-refractivity contribution in [3.8, 4) is 11.8 Å². The Kier molecular flexibility index (Phi) is 4.78. The standard InChI is InChI=1S/C15H17N5O5/c1-24-12-4-5-13(19-18-12)25-9-3-2-6-20(8-9)14(22)10-7-11(21)17-15(23)16-10/h4-5,7,9H,2-3,6,8H2,1H3,(H2,16,17,21,23). The van der Waals surface area contributed by atoms with Gasteiger partial charge >= 0.3 is 5.69 Å². The quantitative estimate of drug-likeness (QED) is 0.765. The van der Waals surface area contributed by atoms with Crippen LogP contribution in [0.15, 0.2) is 27.8 Å². The Morgan fingerprint density at radius 1 is 1.24 bits per heavy atom. The minimum Gasteiger partial charge on any atom is -0.480 e. The highest BCUT2D eigenvalue weighted by Gasteiger charge is 2.26. The Bertz CT molecular complexity index is 831. The number of nitrogens with zero attached hydrogens (tertiary/aromatic N) is 3. The molecule has 3 heterocycles. The van der Waals surface area contributed by atoms with Crippen molar-refractivity contribution in [2.24, 2.45) is 0 Å². The lowest BCUT2D eigenvalue weighted by Gasteiger charge is -2.32. The van der Waals surface area contributed by atoms with Gasteiger partial charge in [-0.3, -0.25) is 14.6 Å². The molecule has 2 N–H and O–H groups in total. The van der Waals surface area contributed by atoms with E-state index in [0.29, 0.717) is 24.8 Å². The molecule has 2 aromatic rings. The molecule has 0 radical (unpaired) electrons. The van der Waals surface area contributed by atoms with E-state index in [-0.39, 0.29) is 11.8 Å².